The Morgan fingerprint density at radius 2 is 1.62 bits per heavy atom. The SMILES string of the molecule is COc1cc(OC)cc(C(=O)Oc2ccc(Cl)cc2C)c1. The highest BCUT2D eigenvalue weighted by Crippen LogP contribution is 2.26. The van der Waals surface area contributed by atoms with E-state index in [-0.39, 0.29) is 0 Å². The summed E-state index contributed by atoms with van der Waals surface area (Å²) in [5.74, 6) is 1.02. The van der Waals surface area contributed by atoms with E-state index in [1.165, 1.54) is 14.2 Å². The Balaban J connectivity index is 2.27. The molecule has 0 N–H and O–H groups in total. The standard InChI is InChI=1S/C16H15ClO4/c1-10-6-12(17)4-5-15(10)21-16(18)11-7-13(19-2)9-14(8-11)20-3/h4-9H,1-3H3. The van der Waals surface area contributed by atoms with Crippen LogP contribution in [0, 0.1) is 6.92 Å². The predicted molar refractivity (Wildman–Crippen MR) is 80.7 cm³/mol. The molecule has 0 aliphatic heterocycles. The van der Waals surface area contributed by atoms with Gasteiger partial charge in [-0.2, -0.15) is 0 Å². The molecule has 0 aromatic heterocycles. The zero-order valence-electron chi connectivity index (χ0n) is 12.0. The smallest absolute Gasteiger partial charge is 0.343 e. The Kier molecular flexibility index (Phi) is 4.70. The van der Waals surface area contributed by atoms with Crippen LogP contribution in [0.25, 0.3) is 0 Å². The molecule has 0 fully saturated rings. The molecule has 0 atom stereocenters. The van der Waals surface area contributed by atoms with E-state index in [9.17, 15) is 4.79 Å². The number of benzene rings is 2. The fraction of sp³-hybridized carbons (Fsp3) is 0.188. The lowest BCUT2D eigenvalue weighted by atomic mass is 10.2. The van der Waals surface area contributed by atoms with Gasteiger partial charge in [0.05, 0.1) is 19.8 Å². The van der Waals surface area contributed by atoms with Gasteiger partial charge in [-0.15, -0.1) is 0 Å². The van der Waals surface area contributed by atoms with Crippen LogP contribution in [0.3, 0.4) is 0 Å². The number of carbonyl (C=O) groups excluding carboxylic acids is 1. The van der Waals surface area contributed by atoms with Gasteiger partial charge in [0.25, 0.3) is 0 Å². The van der Waals surface area contributed by atoms with Crippen molar-refractivity contribution in [2.45, 2.75) is 6.92 Å². The van der Waals surface area contributed by atoms with Gasteiger partial charge in [0.2, 0.25) is 0 Å². The largest absolute Gasteiger partial charge is 0.497 e. The summed E-state index contributed by atoms with van der Waals surface area (Å²) in [6, 6.07) is 9.93. The first-order valence-electron chi connectivity index (χ1n) is 6.25. The Morgan fingerprint density at radius 3 is 2.14 bits per heavy atom. The Bertz CT molecular complexity index is 645. The molecule has 0 saturated heterocycles. The van der Waals surface area contributed by atoms with Gasteiger partial charge in [0.15, 0.2) is 0 Å². The summed E-state index contributed by atoms with van der Waals surface area (Å²) in [6.07, 6.45) is 0. The van der Waals surface area contributed by atoms with Crippen molar-refractivity contribution in [3.8, 4) is 17.2 Å². The third-order valence-corrected chi connectivity index (χ3v) is 3.16. The summed E-state index contributed by atoms with van der Waals surface area (Å²) in [7, 11) is 3.04. The number of ether oxygens (including phenoxy) is 3. The molecule has 0 amide bonds. The fourth-order valence-corrected chi connectivity index (χ4v) is 2.04. The minimum Gasteiger partial charge on any atom is -0.497 e. The van der Waals surface area contributed by atoms with Gasteiger partial charge in [-0.1, -0.05) is 11.6 Å². The highest BCUT2D eigenvalue weighted by atomic mass is 35.5. The van der Waals surface area contributed by atoms with Crippen molar-refractivity contribution in [2.75, 3.05) is 14.2 Å². The molecule has 0 heterocycles. The van der Waals surface area contributed by atoms with Gasteiger partial charge < -0.3 is 14.2 Å². The van der Waals surface area contributed by atoms with Gasteiger partial charge in [0.1, 0.15) is 17.2 Å². The first kappa shape index (κ1) is 15.2. The first-order chi connectivity index (χ1) is 10.0. The van der Waals surface area contributed by atoms with Crippen molar-refractivity contribution in [1.29, 1.82) is 0 Å². The van der Waals surface area contributed by atoms with E-state index < -0.39 is 5.97 Å². The van der Waals surface area contributed by atoms with E-state index in [1.807, 2.05) is 6.92 Å². The maximum atomic E-state index is 12.2. The zero-order valence-corrected chi connectivity index (χ0v) is 12.7. The van der Waals surface area contributed by atoms with Crippen molar-refractivity contribution in [3.63, 3.8) is 0 Å². The van der Waals surface area contributed by atoms with Crippen LogP contribution in [0.2, 0.25) is 5.02 Å². The van der Waals surface area contributed by atoms with Crippen LogP contribution in [0.15, 0.2) is 36.4 Å². The minimum atomic E-state index is -0.488. The van der Waals surface area contributed by atoms with E-state index in [4.69, 9.17) is 25.8 Å². The summed E-state index contributed by atoms with van der Waals surface area (Å²) < 4.78 is 15.6. The first-order valence-corrected chi connectivity index (χ1v) is 6.62. The number of esters is 1. The molecule has 0 aliphatic carbocycles. The molecule has 110 valence electrons. The number of aryl methyl sites for hydroxylation is 1. The molecule has 2 aromatic rings. The predicted octanol–water partition coefficient (Wildman–Crippen LogP) is 3.88. The third kappa shape index (κ3) is 3.67. The number of hydrogen-bond acceptors (Lipinski definition) is 4. The third-order valence-electron chi connectivity index (χ3n) is 2.93. The van der Waals surface area contributed by atoms with Gasteiger partial charge in [-0.25, -0.2) is 4.79 Å². The highest BCUT2D eigenvalue weighted by Gasteiger charge is 2.13. The minimum absolute atomic E-state index is 0.348. The number of hydrogen-bond donors (Lipinski definition) is 0. The van der Waals surface area contributed by atoms with E-state index in [2.05, 4.69) is 0 Å². The molecule has 0 saturated carbocycles. The maximum Gasteiger partial charge on any atom is 0.343 e. The molecular formula is C16H15ClO4. The molecule has 0 radical (unpaired) electrons. The molecule has 4 nitrogen and oxygen atoms in total. The second-order valence-electron chi connectivity index (χ2n) is 4.40. The van der Waals surface area contributed by atoms with Crippen LogP contribution in [0.1, 0.15) is 15.9 Å². The van der Waals surface area contributed by atoms with Gasteiger partial charge in [-0.3, -0.25) is 0 Å². The fourth-order valence-electron chi connectivity index (χ4n) is 1.81. The molecule has 0 aliphatic rings. The summed E-state index contributed by atoms with van der Waals surface area (Å²) >= 11 is 5.88. The monoisotopic (exact) mass is 306 g/mol. The van der Waals surface area contributed by atoms with Crippen LogP contribution < -0.4 is 14.2 Å². The van der Waals surface area contributed by atoms with E-state index in [0.29, 0.717) is 27.8 Å². The van der Waals surface area contributed by atoms with Crippen LogP contribution in [0.4, 0.5) is 0 Å². The van der Waals surface area contributed by atoms with Gasteiger partial charge in [0, 0.05) is 11.1 Å². The number of methoxy groups -OCH3 is 2. The Morgan fingerprint density at radius 1 is 1.00 bits per heavy atom. The topological polar surface area (TPSA) is 44.8 Å². The van der Waals surface area contributed by atoms with Crippen LogP contribution >= 0.6 is 11.6 Å². The van der Waals surface area contributed by atoms with Crippen LogP contribution in [-0.4, -0.2) is 20.2 Å². The summed E-state index contributed by atoms with van der Waals surface area (Å²) in [4.78, 5) is 12.2. The average molecular weight is 307 g/mol. The molecule has 2 rings (SSSR count). The van der Waals surface area contributed by atoms with Gasteiger partial charge in [-0.05, 0) is 42.8 Å². The molecule has 0 spiro atoms. The molecule has 5 heteroatoms. The number of halogens is 1. The highest BCUT2D eigenvalue weighted by molar-refractivity contribution is 6.30. The van der Waals surface area contributed by atoms with Crippen molar-refractivity contribution in [2.24, 2.45) is 0 Å². The summed E-state index contributed by atoms with van der Waals surface area (Å²) in [5.41, 5.74) is 1.13. The van der Waals surface area contributed by atoms with E-state index >= 15 is 0 Å². The lowest BCUT2D eigenvalue weighted by Gasteiger charge is -2.10. The molecule has 0 bridgehead atoms. The lowest BCUT2D eigenvalue weighted by Crippen LogP contribution is -2.09. The Hall–Kier alpha value is -2.20. The van der Waals surface area contributed by atoms with Crippen LogP contribution in [-0.2, 0) is 0 Å². The van der Waals surface area contributed by atoms with Crippen molar-refractivity contribution >= 4 is 17.6 Å². The van der Waals surface area contributed by atoms with E-state index in [0.717, 1.165) is 5.56 Å². The van der Waals surface area contributed by atoms with Gasteiger partial charge >= 0.3 is 5.97 Å². The molecule has 21 heavy (non-hydrogen) atoms. The second kappa shape index (κ2) is 6.50. The van der Waals surface area contributed by atoms with E-state index in [1.54, 1.807) is 36.4 Å². The number of carbonyl (C=O) groups is 1. The average Bonchev–Trinajstić information content (AvgIpc) is 2.49. The molecular weight excluding hydrogens is 292 g/mol. The number of rotatable bonds is 4. The van der Waals surface area contributed by atoms with Crippen molar-refractivity contribution in [3.05, 3.63) is 52.5 Å². The maximum absolute atomic E-state index is 12.2. The lowest BCUT2D eigenvalue weighted by molar-refractivity contribution is 0.0732. The summed E-state index contributed by atoms with van der Waals surface area (Å²) in [6.45, 7) is 1.82. The molecule has 0 unspecified atom stereocenters. The summed E-state index contributed by atoms with van der Waals surface area (Å²) in [5, 5.41) is 0.593. The van der Waals surface area contributed by atoms with Crippen LogP contribution in [0.5, 0.6) is 17.2 Å². The Labute approximate surface area is 128 Å². The zero-order chi connectivity index (χ0) is 15.4. The quantitative estimate of drug-likeness (QED) is 0.635. The van der Waals surface area contributed by atoms with Crippen molar-refractivity contribution in [1.82, 2.24) is 0 Å². The second-order valence-corrected chi connectivity index (χ2v) is 4.84. The normalized spacial score (nSPS) is 10.1. The molecule has 2 aromatic carbocycles. The van der Waals surface area contributed by atoms with Crippen molar-refractivity contribution < 1.29 is 19.0 Å².